The third-order valence-corrected chi connectivity index (χ3v) is 3.77. The molecular weight excluding hydrogens is 380 g/mol. The van der Waals surface area contributed by atoms with Crippen LogP contribution >= 0.6 is 11.3 Å². The second-order valence-corrected chi connectivity index (χ2v) is 5.76. The first kappa shape index (κ1) is 19.2. The molecule has 0 saturated carbocycles. The molecule has 0 unspecified atom stereocenters. The number of halogens is 6. The van der Waals surface area contributed by atoms with Crippen molar-refractivity contribution in [3.8, 4) is 10.7 Å². The lowest BCUT2D eigenvalue weighted by atomic mass is 10.3. The van der Waals surface area contributed by atoms with Crippen LogP contribution in [0.3, 0.4) is 0 Å². The Bertz CT molecular complexity index is 739. The maximum atomic E-state index is 12.4. The smallest absolute Gasteiger partial charge is 0.329 e. The first-order valence-corrected chi connectivity index (χ1v) is 7.22. The van der Waals surface area contributed by atoms with E-state index in [9.17, 15) is 31.1 Å². The third kappa shape index (κ3) is 5.16. The number of thiophene rings is 1. The Labute approximate surface area is 139 Å². The molecule has 0 aliphatic carbocycles. The Kier molecular flexibility index (Phi) is 5.37. The fourth-order valence-electron chi connectivity index (χ4n) is 1.68. The van der Waals surface area contributed by atoms with Crippen molar-refractivity contribution in [1.29, 1.82) is 0 Å². The topological polar surface area (TPSA) is 68.5 Å². The van der Waals surface area contributed by atoms with Gasteiger partial charge in [-0.05, 0) is 12.1 Å². The van der Waals surface area contributed by atoms with Crippen LogP contribution in [0.5, 0.6) is 0 Å². The monoisotopic (exact) mass is 389 g/mol. The van der Waals surface area contributed by atoms with Crippen LogP contribution in [0.1, 0.15) is 17.2 Å². The number of hydrogen-bond acceptors (Lipinski definition) is 6. The highest BCUT2D eigenvalue weighted by Crippen LogP contribution is 2.32. The summed E-state index contributed by atoms with van der Waals surface area (Å²) >= 11 is 0.882. The highest BCUT2D eigenvalue weighted by molar-refractivity contribution is 7.15. The SMILES string of the molecule is CON(Cc1ccc(-c2noc(C(F)(F)F)n2)s1)C(=O)CC(F)(F)F. The van der Waals surface area contributed by atoms with Crippen LogP contribution < -0.4 is 0 Å². The standard InChI is InChI=1S/C12H9F6N3O3S/c1-23-21(8(22)4-11(13,14)15)5-6-2-3-7(25-6)9-19-10(24-20-9)12(16,17)18/h2-3H,4-5H2,1H3. The quantitative estimate of drug-likeness (QED) is 0.577. The van der Waals surface area contributed by atoms with E-state index in [1.165, 1.54) is 12.1 Å². The van der Waals surface area contributed by atoms with E-state index in [0.29, 0.717) is 9.94 Å². The lowest BCUT2D eigenvalue weighted by Gasteiger charge is -2.19. The number of hydroxylamine groups is 2. The molecule has 0 N–H and O–H groups in total. The maximum Gasteiger partial charge on any atom is 0.471 e. The van der Waals surface area contributed by atoms with Crippen molar-refractivity contribution >= 4 is 17.2 Å². The minimum Gasteiger partial charge on any atom is -0.329 e. The number of carbonyl (C=O) groups is 1. The van der Waals surface area contributed by atoms with Gasteiger partial charge in [-0.1, -0.05) is 5.16 Å². The molecule has 0 radical (unpaired) electrons. The van der Waals surface area contributed by atoms with Crippen molar-refractivity contribution in [2.24, 2.45) is 0 Å². The molecule has 2 heterocycles. The summed E-state index contributed by atoms with van der Waals surface area (Å²) in [6.07, 6.45) is -11.2. The molecule has 138 valence electrons. The minimum absolute atomic E-state index is 0.188. The molecule has 2 aromatic rings. The molecule has 2 rings (SSSR count). The molecule has 0 saturated heterocycles. The zero-order valence-corrected chi connectivity index (χ0v) is 13.1. The molecule has 13 heteroatoms. The summed E-state index contributed by atoms with van der Waals surface area (Å²) < 4.78 is 78.1. The van der Waals surface area contributed by atoms with Crippen molar-refractivity contribution < 1.29 is 40.5 Å². The number of amides is 1. The van der Waals surface area contributed by atoms with Crippen LogP contribution in [-0.4, -0.2) is 34.4 Å². The minimum atomic E-state index is -4.79. The van der Waals surface area contributed by atoms with Gasteiger partial charge in [0.05, 0.1) is 18.5 Å². The van der Waals surface area contributed by atoms with E-state index in [1.54, 1.807) is 0 Å². The summed E-state index contributed by atoms with van der Waals surface area (Å²) in [6.45, 7) is -0.319. The van der Waals surface area contributed by atoms with Crippen molar-refractivity contribution in [3.05, 3.63) is 22.9 Å². The lowest BCUT2D eigenvalue weighted by molar-refractivity contribution is -0.197. The molecule has 0 fully saturated rings. The second kappa shape index (κ2) is 7.00. The van der Waals surface area contributed by atoms with Crippen molar-refractivity contribution in [2.75, 3.05) is 7.11 Å². The summed E-state index contributed by atoms with van der Waals surface area (Å²) in [7, 11) is 1.03. The zero-order valence-electron chi connectivity index (χ0n) is 12.3. The van der Waals surface area contributed by atoms with Crippen LogP contribution in [0.15, 0.2) is 16.7 Å². The number of aromatic nitrogens is 2. The van der Waals surface area contributed by atoms with Gasteiger partial charge < -0.3 is 4.52 Å². The van der Waals surface area contributed by atoms with Crippen molar-refractivity contribution in [2.45, 2.75) is 25.3 Å². The number of hydrogen-bond donors (Lipinski definition) is 0. The Morgan fingerprint density at radius 2 is 1.96 bits per heavy atom. The molecule has 0 atom stereocenters. The first-order valence-electron chi connectivity index (χ1n) is 6.41. The number of nitrogens with zero attached hydrogens (tertiary/aromatic N) is 3. The van der Waals surface area contributed by atoms with Gasteiger partial charge in [-0.2, -0.15) is 31.3 Å². The highest BCUT2D eigenvalue weighted by atomic mass is 32.1. The van der Waals surface area contributed by atoms with Gasteiger partial charge in [-0.25, -0.2) is 5.06 Å². The van der Waals surface area contributed by atoms with E-state index < -0.39 is 30.6 Å². The summed E-state index contributed by atoms with van der Waals surface area (Å²) in [4.78, 5) is 19.9. The average Bonchev–Trinajstić information content (AvgIpc) is 3.10. The van der Waals surface area contributed by atoms with E-state index in [1.807, 2.05) is 0 Å². The Morgan fingerprint density at radius 3 is 2.48 bits per heavy atom. The molecule has 0 spiro atoms. The fraction of sp³-hybridized carbons (Fsp3) is 0.417. The van der Waals surface area contributed by atoms with Crippen LogP contribution in [0.4, 0.5) is 26.3 Å². The summed E-state index contributed by atoms with van der Waals surface area (Å²) in [5.74, 6) is -3.14. The van der Waals surface area contributed by atoms with Gasteiger partial charge in [0.2, 0.25) is 5.82 Å². The van der Waals surface area contributed by atoms with Gasteiger partial charge >= 0.3 is 18.2 Å². The molecule has 0 bridgehead atoms. The highest BCUT2D eigenvalue weighted by Gasteiger charge is 2.38. The fourth-order valence-corrected chi connectivity index (χ4v) is 2.59. The van der Waals surface area contributed by atoms with Crippen molar-refractivity contribution in [3.63, 3.8) is 0 Å². The predicted molar refractivity (Wildman–Crippen MR) is 70.8 cm³/mol. The van der Waals surface area contributed by atoms with Gasteiger partial charge in [0.1, 0.15) is 6.42 Å². The van der Waals surface area contributed by atoms with Crippen LogP contribution in [0, 0.1) is 0 Å². The van der Waals surface area contributed by atoms with Crippen LogP contribution in [0.2, 0.25) is 0 Å². The molecule has 0 aromatic carbocycles. The Morgan fingerprint density at radius 1 is 1.28 bits per heavy atom. The average molecular weight is 389 g/mol. The summed E-state index contributed by atoms with van der Waals surface area (Å²) in [5, 5.41) is 3.69. The third-order valence-electron chi connectivity index (χ3n) is 2.70. The van der Waals surface area contributed by atoms with E-state index in [0.717, 1.165) is 18.4 Å². The van der Waals surface area contributed by atoms with E-state index in [-0.39, 0.29) is 17.2 Å². The molecule has 6 nitrogen and oxygen atoms in total. The van der Waals surface area contributed by atoms with Gasteiger partial charge in [0.15, 0.2) is 0 Å². The number of rotatable bonds is 5. The van der Waals surface area contributed by atoms with E-state index >= 15 is 0 Å². The molecule has 25 heavy (non-hydrogen) atoms. The van der Waals surface area contributed by atoms with Gasteiger partial charge in [-0.3, -0.25) is 9.63 Å². The Hall–Kier alpha value is -2.15. The Balaban J connectivity index is 2.10. The van der Waals surface area contributed by atoms with E-state index in [4.69, 9.17) is 0 Å². The summed E-state index contributed by atoms with van der Waals surface area (Å²) in [6, 6.07) is 2.75. The van der Waals surface area contributed by atoms with Crippen LogP contribution in [-0.2, 0) is 22.4 Å². The van der Waals surface area contributed by atoms with Gasteiger partial charge in [0.25, 0.3) is 5.91 Å². The van der Waals surface area contributed by atoms with Gasteiger partial charge in [-0.15, -0.1) is 11.3 Å². The molecule has 2 aromatic heterocycles. The van der Waals surface area contributed by atoms with Crippen LogP contribution in [0.25, 0.3) is 10.7 Å². The number of carbonyl (C=O) groups excluding carboxylic acids is 1. The summed E-state index contributed by atoms with van der Waals surface area (Å²) in [5.41, 5.74) is 0. The number of alkyl halides is 6. The largest absolute Gasteiger partial charge is 0.471 e. The first-order chi connectivity index (χ1) is 11.5. The lowest BCUT2D eigenvalue weighted by Crippen LogP contribution is -2.32. The maximum absolute atomic E-state index is 12.4. The van der Waals surface area contributed by atoms with Gasteiger partial charge in [0, 0.05) is 4.88 Å². The predicted octanol–water partition coefficient (Wildman–Crippen LogP) is 3.66. The molecule has 1 amide bonds. The van der Waals surface area contributed by atoms with Crippen molar-refractivity contribution in [1.82, 2.24) is 15.2 Å². The second-order valence-electron chi connectivity index (χ2n) is 4.59. The zero-order chi connectivity index (χ0) is 18.8. The molecule has 0 aliphatic heterocycles. The normalized spacial score (nSPS) is 12.4. The molecule has 0 aliphatic rings. The van der Waals surface area contributed by atoms with E-state index in [2.05, 4.69) is 19.5 Å². The molecular formula is C12H9F6N3O3S.